The Labute approximate surface area is 110 Å². The van der Waals surface area contributed by atoms with Crippen LogP contribution >= 0.6 is 0 Å². The number of nitrogens with one attached hydrogen (secondary N) is 1. The summed E-state index contributed by atoms with van der Waals surface area (Å²) in [5.74, 6) is -0.836. The molecule has 1 rings (SSSR count). The quantitative estimate of drug-likeness (QED) is 0.817. The van der Waals surface area contributed by atoms with E-state index in [0.717, 1.165) is 0 Å². The van der Waals surface area contributed by atoms with Crippen LogP contribution < -0.4 is 5.32 Å². The van der Waals surface area contributed by atoms with Gasteiger partial charge in [0.1, 0.15) is 0 Å². The molecule has 0 aliphatic rings. The number of amides is 2. The third kappa shape index (κ3) is 4.49. The van der Waals surface area contributed by atoms with Gasteiger partial charge in [-0.15, -0.1) is 5.10 Å². The number of hydrogen-bond donors (Lipinski definition) is 2. The molecule has 104 valence electrons. The van der Waals surface area contributed by atoms with E-state index in [9.17, 15) is 9.59 Å². The maximum absolute atomic E-state index is 11.9. The summed E-state index contributed by atoms with van der Waals surface area (Å²) < 4.78 is 0. The molecule has 1 aromatic rings. The molecule has 1 heterocycles. The van der Waals surface area contributed by atoms with Gasteiger partial charge in [-0.3, -0.25) is 10.1 Å². The number of carbonyl (C=O) groups excluding carboxylic acids is 1. The third-order valence-electron chi connectivity index (χ3n) is 2.58. The highest BCUT2D eigenvalue weighted by atomic mass is 16.4. The molecule has 2 N–H and O–H groups in total. The van der Waals surface area contributed by atoms with E-state index in [1.54, 1.807) is 20.8 Å². The Morgan fingerprint density at radius 1 is 1.26 bits per heavy atom. The summed E-state index contributed by atoms with van der Waals surface area (Å²) in [6.07, 6.45) is -0.104. The molecule has 0 unspecified atom stereocenters. The molecule has 0 fully saturated rings. The summed E-state index contributed by atoms with van der Waals surface area (Å²) in [6.45, 7) is 5.84. The summed E-state index contributed by atoms with van der Waals surface area (Å²) in [6, 6.07) is -0.436. The summed E-state index contributed by atoms with van der Waals surface area (Å²) in [5.41, 5.74) is 1.37. The predicted octanol–water partition coefficient (Wildman–Crippen LogP) is 0.817. The Bertz CT molecular complexity index is 477. The molecule has 1 aromatic heterocycles. The lowest BCUT2D eigenvalue weighted by atomic mass is 10.4. The monoisotopic (exact) mass is 267 g/mol. The van der Waals surface area contributed by atoms with Gasteiger partial charge in [-0.2, -0.15) is 5.10 Å². The SMILES string of the molecule is CCN(CCC(=O)O)C(=O)Nc1nnc(C)c(C)n1. The zero-order valence-corrected chi connectivity index (χ0v) is 11.2. The van der Waals surface area contributed by atoms with Crippen LogP contribution in [0.2, 0.25) is 0 Å². The van der Waals surface area contributed by atoms with E-state index < -0.39 is 12.0 Å². The van der Waals surface area contributed by atoms with Gasteiger partial charge in [0.2, 0.25) is 0 Å². The molecule has 0 atom stereocenters. The van der Waals surface area contributed by atoms with Crippen molar-refractivity contribution >= 4 is 17.9 Å². The average molecular weight is 267 g/mol. The minimum atomic E-state index is -0.949. The molecule has 0 aromatic carbocycles. The third-order valence-corrected chi connectivity index (χ3v) is 2.58. The van der Waals surface area contributed by atoms with Crippen molar-refractivity contribution in [2.24, 2.45) is 0 Å². The normalized spacial score (nSPS) is 10.1. The number of rotatable bonds is 5. The van der Waals surface area contributed by atoms with Crippen molar-refractivity contribution in [2.75, 3.05) is 18.4 Å². The minimum Gasteiger partial charge on any atom is -0.481 e. The van der Waals surface area contributed by atoms with Crippen molar-refractivity contribution in [3.05, 3.63) is 11.4 Å². The maximum Gasteiger partial charge on any atom is 0.324 e. The minimum absolute atomic E-state index is 0.104. The maximum atomic E-state index is 11.9. The fraction of sp³-hybridized carbons (Fsp3) is 0.545. The van der Waals surface area contributed by atoms with Crippen LogP contribution in [0.5, 0.6) is 0 Å². The van der Waals surface area contributed by atoms with Crippen LogP contribution in [0.4, 0.5) is 10.7 Å². The van der Waals surface area contributed by atoms with E-state index in [1.807, 2.05) is 0 Å². The van der Waals surface area contributed by atoms with Gasteiger partial charge in [-0.1, -0.05) is 0 Å². The van der Waals surface area contributed by atoms with Crippen molar-refractivity contribution in [2.45, 2.75) is 27.2 Å². The summed E-state index contributed by atoms with van der Waals surface area (Å²) in [5, 5.41) is 18.7. The van der Waals surface area contributed by atoms with Gasteiger partial charge in [0.05, 0.1) is 17.8 Å². The van der Waals surface area contributed by atoms with Crippen molar-refractivity contribution in [3.8, 4) is 0 Å². The van der Waals surface area contributed by atoms with E-state index in [1.165, 1.54) is 4.90 Å². The topological polar surface area (TPSA) is 108 Å². The number of anilines is 1. The van der Waals surface area contributed by atoms with Crippen LogP contribution in [0.3, 0.4) is 0 Å². The largest absolute Gasteiger partial charge is 0.481 e. The van der Waals surface area contributed by atoms with Gasteiger partial charge in [0, 0.05) is 13.1 Å². The predicted molar refractivity (Wildman–Crippen MR) is 67.8 cm³/mol. The number of urea groups is 1. The van der Waals surface area contributed by atoms with Crippen molar-refractivity contribution in [1.29, 1.82) is 0 Å². The van der Waals surface area contributed by atoms with Gasteiger partial charge < -0.3 is 10.0 Å². The number of hydrogen-bond acceptors (Lipinski definition) is 5. The molecule has 0 spiro atoms. The van der Waals surface area contributed by atoms with Gasteiger partial charge in [-0.05, 0) is 20.8 Å². The molecular weight excluding hydrogens is 250 g/mol. The zero-order chi connectivity index (χ0) is 14.4. The first-order valence-electron chi connectivity index (χ1n) is 5.89. The van der Waals surface area contributed by atoms with Crippen molar-refractivity contribution in [1.82, 2.24) is 20.1 Å². The van der Waals surface area contributed by atoms with Crippen LogP contribution in [0.15, 0.2) is 0 Å². The highest BCUT2D eigenvalue weighted by Crippen LogP contribution is 2.03. The number of aromatic nitrogens is 3. The standard InChI is InChI=1S/C11H17N5O3/c1-4-16(6-5-9(17)18)11(19)13-10-12-7(2)8(3)14-15-10/h4-6H2,1-3H3,(H,17,18)(H,12,13,15,19). The second-order valence-electron chi connectivity index (χ2n) is 3.96. The Hall–Kier alpha value is -2.25. The molecule has 19 heavy (non-hydrogen) atoms. The first kappa shape index (κ1) is 14.8. The molecule has 0 bridgehead atoms. The summed E-state index contributed by atoms with van der Waals surface area (Å²) in [7, 11) is 0. The van der Waals surface area contributed by atoms with E-state index >= 15 is 0 Å². The Kier molecular flexibility index (Phi) is 5.16. The number of carboxylic acids is 1. The lowest BCUT2D eigenvalue weighted by Crippen LogP contribution is -2.36. The number of nitrogens with zero attached hydrogens (tertiary/aromatic N) is 4. The molecule has 8 nitrogen and oxygen atoms in total. The summed E-state index contributed by atoms with van der Waals surface area (Å²) >= 11 is 0. The van der Waals surface area contributed by atoms with Gasteiger partial charge >= 0.3 is 12.0 Å². The molecule has 2 amide bonds. The lowest BCUT2D eigenvalue weighted by molar-refractivity contribution is -0.137. The highest BCUT2D eigenvalue weighted by Gasteiger charge is 2.14. The van der Waals surface area contributed by atoms with Crippen LogP contribution in [-0.4, -0.2) is 50.3 Å². The molecular formula is C11H17N5O3. The number of carbonyl (C=O) groups is 2. The smallest absolute Gasteiger partial charge is 0.324 e. The van der Waals surface area contributed by atoms with Crippen molar-refractivity contribution < 1.29 is 14.7 Å². The Morgan fingerprint density at radius 3 is 2.47 bits per heavy atom. The fourth-order valence-electron chi connectivity index (χ4n) is 1.32. The Balaban J connectivity index is 2.65. The van der Waals surface area contributed by atoms with Gasteiger partial charge in [0.25, 0.3) is 5.95 Å². The molecule has 0 saturated heterocycles. The number of aliphatic carboxylic acids is 1. The fourth-order valence-corrected chi connectivity index (χ4v) is 1.32. The van der Waals surface area contributed by atoms with E-state index in [0.29, 0.717) is 17.9 Å². The van der Waals surface area contributed by atoms with Crippen LogP contribution in [0, 0.1) is 13.8 Å². The first-order valence-corrected chi connectivity index (χ1v) is 5.89. The Morgan fingerprint density at radius 2 is 1.95 bits per heavy atom. The van der Waals surface area contributed by atoms with Gasteiger partial charge in [-0.25, -0.2) is 9.78 Å². The molecule has 0 aliphatic carbocycles. The number of carboxylic acid groups (broad SMARTS) is 1. The van der Waals surface area contributed by atoms with E-state index in [4.69, 9.17) is 5.11 Å². The van der Waals surface area contributed by atoms with Crippen LogP contribution in [-0.2, 0) is 4.79 Å². The lowest BCUT2D eigenvalue weighted by Gasteiger charge is -2.19. The van der Waals surface area contributed by atoms with Crippen molar-refractivity contribution in [3.63, 3.8) is 0 Å². The van der Waals surface area contributed by atoms with E-state index in [2.05, 4.69) is 20.5 Å². The number of aryl methyl sites for hydroxylation is 2. The van der Waals surface area contributed by atoms with Gasteiger partial charge in [0.15, 0.2) is 0 Å². The molecule has 0 saturated carbocycles. The van der Waals surface area contributed by atoms with Crippen LogP contribution in [0.1, 0.15) is 24.7 Å². The second kappa shape index (κ2) is 6.62. The van der Waals surface area contributed by atoms with E-state index in [-0.39, 0.29) is 18.9 Å². The summed E-state index contributed by atoms with van der Waals surface area (Å²) in [4.78, 5) is 27.8. The molecule has 0 radical (unpaired) electrons. The van der Waals surface area contributed by atoms with Crippen LogP contribution in [0.25, 0.3) is 0 Å². The average Bonchev–Trinajstić information content (AvgIpc) is 2.34. The zero-order valence-electron chi connectivity index (χ0n) is 11.2. The molecule has 8 heteroatoms. The first-order chi connectivity index (χ1) is 8.93. The highest BCUT2D eigenvalue weighted by molar-refractivity contribution is 5.87. The second-order valence-corrected chi connectivity index (χ2v) is 3.96. The molecule has 0 aliphatic heterocycles.